The molecule has 5 heteroatoms. The molecule has 1 amide bonds. The lowest BCUT2D eigenvalue weighted by Crippen LogP contribution is -2.32. The Hall–Kier alpha value is -1.72. The number of thiazole rings is 1. The third-order valence-corrected chi connectivity index (χ3v) is 4.95. The maximum absolute atomic E-state index is 12.4. The number of nitrogens with zero attached hydrogens (tertiary/aromatic N) is 2. The van der Waals surface area contributed by atoms with Crippen LogP contribution in [0.4, 0.5) is 0 Å². The fourth-order valence-corrected chi connectivity index (χ4v) is 3.45. The number of carbonyl (C=O) groups excluding carboxylic acids is 1. The summed E-state index contributed by atoms with van der Waals surface area (Å²) in [5.41, 5.74) is 8.76. The van der Waals surface area contributed by atoms with Crippen LogP contribution in [0.5, 0.6) is 0 Å². The van der Waals surface area contributed by atoms with Crippen molar-refractivity contribution < 1.29 is 4.79 Å². The van der Waals surface area contributed by atoms with Gasteiger partial charge in [-0.05, 0) is 17.9 Å². The first-order chi connectivity index (χ1) is 10.5. The lowest BCUT2D eigenvalue weighted by molar-refractivity contribution is 0.0786. The largest absolute Gasteiger partial charge is 0.336 e. The molecule has 0 bridgehead atoms. The number of benzene rings is 1. The van der Waals surface area contributed by atoms with E-state index in [1.807, 2.05) is 5.38 Å². The van der Waals surface area contributed by atoms with E-state index in [0.717, 1.165) is 23.5 Å². The lowest BCUT2D eigenvalue weighted by Gasteiger charge is -2.13. The average molecular weight is 315 g/mol. The molecule has 1 atom stereocenters. The number of hydrogen-bond acceptors (Lipinski definition) is 4. The van der Waals surface area contributed by atoms with Crippen LogP contribution in [-0.2, 0) is 0 Å². The molecule has 0 aliphatic carbocycles. The van der Waals surface area contributed by atoms with Crippen LogP contribution in [0.1, 0.15) is 42.2 Å². The monoisotopic (exact) mass is 315 g/mol. The summed E-state index contributed by atoms with van der Waals surface area (Å²) in [5.74, 6) is 0.510. The van der Waals surface area contributed by atoms with Crippen LogP contribution >= 0.6 is 11.3 Å². The van der Waals surface area contributed by atoms with Gasteiger partial charge in [0.15, 0.2) is 0 Å². The van der Waals surface area contributed by atoms with Crippen LogP contribution in [-0.4, -0.2) is 34.9 Å². The molecule has 0 radical (unpaired) electrons. The Morgan fingerprint density at radius 2 is 2.09 bits per heavy atom. The first-order valence-electron chi connectivity index (χ1n) is 7.65. The van der Waals surface area contributed by atoms with Gasteiger partial charge in [0.2, 0.25) is 0 Å². The van der Waals surface area contributed by atoms with E-state index in [0.29, 0.717) is 18.2 Å². The maximum atomic E-state index is 12.4. The van der Waals surface area contributed by atoms with Gasteiger partial charge in [0.05, 0.1) is 0 Å². The molecule has 1 aliphatic heterocycles. The van der Waals surface area contributed by atoms with Crippen LogP contribution in [0.3, 0.4) is 0 Å². The number of nitrogens with two attached hydrogens (primary N) is 1. The second kappa shape index (κ2) is 6.18. The molecule has 116 valence electrons. The fraction of sp³-hybridized carbons (Fsp3) is 0.412. The Bertz CT molecular complexity index is 663. The summed E-state index contributed by atoms with van der Waals surface area (Å²) in [4.78, 5) is 18.7. The van der Waals surface area contributed by atoms with E-state index in [1.165, 1.54) is 16.9 Å². The Morgan fingerprint density at radius 1 is 1.36 bits per heavy atom. The van der Waals surface area contributed by atoms with Crippen LogP contribution in [0.25, 0.3) is 10.6 Å². The second-order valence-corrected chi connectivity index (χ2v) is 6.97. The molecule has 0 saturated carbocycles. The van der Waals surface area contributed by atoms with Gasteiger partial charge in [-0.2, -0.15) is 0 Å². The third-order valence-electron chi connectivity index (χ3n) is 4.06. The highest BCUT2D eigenvalue weighted by Crippen LogP contribution is 2.26. The molecule has 0 spiro atoms. The third kappa shape index (κ3) is 3.05. The molecule has 1 aromatic carbocycles. The van der Waals surface area contributed by atoms with Crippen LogP contribution in [0.15, 0.2) is 29.6 Å². The summed E-state index contributed by atoms with van der Waals surface area (Å²) >= 11 is 1.51. The van der Waals surface area contributed by atoms with Gasteiger partial charge in [0.25, 0.3) is 5.91 Å². The number of hydrogen-bond donors (Lipinski definition) is 1. The van der Waals surface area contributed by atoms with Gasteiger partial charge in [-0.3, -0.25) is 4.79 Å². The van der Waals surface area contributed by atoms with Crippen molar-refractivity contribution in [2.45, 2.75) is 32.2 Å². The summed E-state index contributed by atoms with van der Waals surface area (Å²) in [5, 5.41) is 2.74. The van der Waals surface area contributed by atoms with E-state index >= 15 is 0 Å². The highest BCUT2D eigenvalue weighted by atomic mass is 32.1. The molecule has 22 heavy (non-hydrogen) atoms. The minimum absolute atomic E-state index is 0.00532. The molecular weight excluding hydrogens is 294 g/mol. The smallest absolute Gasteiger partial charge is 0.273 e. The van der Waals surface area contributed by atoms with E-state index in [2.05, 4.69) is 43.1 Å². The van der Waals surface area contributed by atoms with Crippen molar-refractivity contribution in [1.82, 2.24) is 9.88 Å². The van der Waals surface area contributed by atoms with Crippen molar-refractivity contribution >= 4 is 17.2 Å². The highest BCUT2D eigenvalue weighted by molar-refractivity contribution is 7.13. The Labute approximate surface area is 135 Å². The molecule has 1 aromatic heterocycles. The van der Waals surface area contributed by atoms with E-state index in [-0.39, 0.29) is 11.9 Å². The van der Waals surface area contributed by atoms with Crippen molar-refractivity contribution in [1.29, 1.82) is 0 Å². The Morgan fingerprint density at radius 3 is 2.68 bits per heavy atom. The summed E-state index contributed by atoms with van der Waals surface area (Å²) in [6.07, 6.45) is 0.874. The van der Waals surface area contributed by atoms with E-state index < -0.39 is 0 Å². The summed E-state index contributed by atoms with van der Waals surface area (Å²) in [6, 6.07) is 8.51. The standard InChI is InChI=1S/C17H21N3OS/c1-11(2)12-3-5-13(6-4-12)16-19-15(10-22-16)17(21)20-8-7-14(18)9-20/h3-6,10-11,14H,7-9,18H2,1-2H3/t14-/m1/s1. The molecular formula is C17H21N3OS. The first-order valence-corrected chi connectivity index (χ1v) is 8.53. The number of carbonyl (C=O) groups is 1. The first kappa shape index (κ1) is 15.2. The normalized spacial score (nSPS) is 18.2. The van der Waals surface area contributed by atoms with Crippen LogP contribution in [0.2, 0.25) is 0 Å². The lowest BCUT2D eigenvalue weighted by atomic mass is 10.0. The summed E-state index contributed by atoms with van der Waals surface area (Å²) < 4.78 is 0. The maximum Gasteiger partial charge on any atom is 0.273 e. The zero-order chi connectivity index (χ0) is 15.7. The number of aromatic nitrogens is 1. The second-order valence-electron chi connectivity index (χ2n) is 6.11. The van der Waals surface area contributed by atoms with E-state index in [1.54, 1.807) is 4.90 Å². The number of rotatable bonds is 3. The minimum Gasteiger partial charge on any atom is -0.336 e. The van der Waals surface area contributed by atoms with Crippen LogP contribution in [0, 0.1) is 0 Å². The molecule has 1 fully saturated rings. The molecule has 2 N–H and O–H groups in total. The SMILES string of the molecule is CC(C)c1ccc(-c2nc(C(=O)N3CC[C@@H](N)C3)cs2)cc1. The molecule has 1 saturated heterocycles. The summed E-state index contributed by atoms with van der Waals surface area (Å²) in [7, 11) is 0. The molecule has 2 aromatic rings. The minimum atomic E-state index is -0.00532. The van der Waals surface area contributed by atoms with Gasteiger partial charge in [-0.1, -0.05) is 38.1 Å². The topological polar surface area (TPSA) is 59.2 Å². The zero-order valence-corrected chi connectivity index (χ0v) is 13.8. The predicted molar refractivity (Wildman–Crippen MR) is 90.1 cm³/mol. The fourth-order valence-electron chi connectivity index (χ4n) is 2.65. The van der Waals surface area contributed by atoms with Gasteiger partial charge < -0.3 is 10.6 Å². The molecule has 3 rings (SSSR count). The average Bonchev–Trinajstić information content (AvgIpc) is 3.15. The van der Waals surface area contributed by atoms with E-state index in [9.17, 15) is 4.79 Å². The van der Waals surface area contributed by atoms with Crippen molar-refractivity contribution in [2.75, 3.05) is 13.1 Å². The van der Waals surface area contributed by atoms with Crippen molar-refractivity contribution in [3.63, 3.8) is 0 Å². The molecule has 4 nitrogen and oxygen atoms in total. The number of likely N-dealkylation sites (tertiary alicyclic amines) is 1. The van der Waals surface area contributed by atoms with E-state index in [4.69, 9.17) is 5.73 Å². The summed E-state index contributed by atoms with van der Waals surface area (Å²) in [6.45, 7) is 5.72. The Kier molecular flexibility index (Phi) is 4.27. The van der Waals surface area contributed by atoms with Gasteiger partial charge in [0.1, 0.15) is 10.7 Å². The van der Waals surface area contributed by atoms with Gasteiger partial charge >= 0.3 is 0 Å². The van der Waals surface area contributed by atoms with Crippen molar-refractivity contribution in [3.8, 4) is 10.6 Å². The molecule has 0 unspecified atom stereocenters. The number of amides is 1. The van der Waals surface area contributed by atoms with Crippen LogP contribution < -0.4 is 5.73 Å². The predicted octanol–water partition coefficient (Wildman–Crippen LogP) is 3.11. The van der Waals surface area contributed by atoms with Crippen molar-refractivity contribution in [2.24, 2.45) is 5.73 Å². The molecule has 2 heterocycles. The van der Waals surface area contributed by atoms with Gasteiger partial charge in [0, 0.05) is 30.1 Å². The van der Waals surface area contributed by atoms with Gasteiger partial charge in [-0.25, -0.2) is 4.98 Å². The molecule has 1 aliphatic rings. The highest BCUT2D eigenvalue weighted by Gasteiger charge is 2.26. The Balaban J connectivity index is 1.77. The quantitative estimate of drug-likeness (QED) is 0.947. The zero-order valence-electron chi connectivity index (χ0n) is 13.0. The van der Waals surface area contributed by atoms with Gasteiger partial charge in [-0.15, -0.1) is 11.3 Å². The van der Waals surface area contributed by atoms with Crippen molar-refractivity contribution in [3.05, 3.63) is 40.9 Å².